The summed E-state index contributed by atoms with van der Waals surface area (Å²) >= 11 is 0. The van der Waals surface area contributed by atoms with Crippen molar-refractivity contribution in [3.8, 4) is 11.4 Å². The lowest BCUT2D eigenvalue weighted by Crippen LogP contribution is -2.29. The van der Waals surface area contributed by atoms with E-state index in [1.165, 1.54) is 5.56 Å². The highest BCUT2D eigenvalue weighted by Gasteiger charge is 2.09. The Labute approximate surface area is 132 Å². The van der Waals surface area contributed by atoms with Crippen molar-refractivity contribution in [3.63, 3.8) is 0 Å². The Morgan fingerprint density at radius 3 is 2.82 bits per heavy atom. The molecule has 0 aliphatic carbocycles. The van der Waals surface area contributed by atoms with Crippen LogP contribution < -0.4 is 5.32 Å². The van der Waals surface area contributed by atoms with Gasteiger partial charge in [-0.15, -0.1) is 0 Å². The van der Waals surface area contributed by atoms with Crippen molar-refractivity contribution < 1.29 is 5.11 Å². The zero-order chi connectivity index (χ0) is 15.8. The van der Waals surface area contributed by atoms with Gasteiger partial charge in [0, 0.05) is 36.5 Å². The predicted octanol–water partition coefficient (Wildman–Crippen LogP) is 2.61. The lowest BCUT2D eigenvalue weighted by molar-refractivity contribution is 0.283. The molecule has 0 saturated heterocycles. The maximum absolute atomic E-state index is 8.82. The molecule has 0 fully saturated rings. The molecule has 1 heterocycles. The Kier molecular flexibility index (Phi) is 6.49. The fourth-order valence-electron chi connectivity index (χ4n) is 2.50. The lowest BCUT2D eigenvalue weighted by Gasteiger charge is -2.13. The minimum Gasteiger partial charge on any atom is -0.396 e. The predicted molar refractivity (Wildman–Crippen MR) is 89.7 cm³/mol. The van der Waals surface area contributed by atoms with Crippen LogP contribution in [0, 0.1) is 0 Å². The average molecular weight is 299 g/mol. The number of aromatic nitrogens is 2. The van der Waals surface area contributed by atoms with E-state index in [0.29, 0.717) is 6.04 Å². The van der Waals surface area contributed by atoms with Crippen molar-refractivity contribution in [2.24, 2.45) is 0 Å². The second kappa shape index (κ2) is 8.61. The average Bonchev–Trinajstić information content (AvgIpc) is 2.55. The van der Waals surface area contributed by atoms with Gasteiger partial charge in [0.2, 0.25) is 0 Å². The summed E-state index contributed by atoms with van der Waals surface area (Å²) in [6.07, 6.45) is 4.45. The number of nitrogens with one attached hydrogen (secondary N) is 1. The van der Waals surface area contributed by atoms with Crippen molar-refractivity contribution in [2.45, 2.75) is 39.2 Å². The van der Waals surface area contributed by atoms with Crippen LogP contribution in [0.5, 0.6) is 0 Å². The van der Waals surface area contributed by atoms with Gasteiger partial charge in [-0.25, -0.2) is 9.97 Å². The molecule has 1 aromatic carbocycles. The first-order valence-electron chi connectivity index (χ1n) is 7.99. The van der Waals surface area contributed by atoms with Crippen LogP contribution in [-0.4, -0.2) is 34.3 Å². The van der Waals surface area contributed by atoms with Gasteiger partial charge in [0.25, 0.3) is 0 Å². The summed E-state index contributed by atoms with van der Waals surface area (Å²) < 4.78 is 0. The Bertz CT molecular complexity index is 586. The standard InChI is InChI=1S/C18H25N3O/c1-3-15-7-4-5-8-17(15)18-20-11-9-16(21-18)13-14(2)19-10-6-12-22/h4-5,7-9,11,14,19,22H,3,6,10,12-13H2,1-2H3. The molecule has 4 heteroatoms. The molecule has 4 nitrogen and oxygen atoms in total. The second-order valence-corrected chi connectivity index (χ2v) is 5.52. The van der Waals surface area contributed by atoms with Gasteiger partial charge >= 0.3 is 0 Å². The summed E-state index contributed by atoms with van der Waals surface area (Å²) in [5.41, 5.74) is 3.43. The van der Waals surface area contributed by atoms with E-state index < -0.39 is 0 Å². The van der Waals surface area contributed by atoms with Crippen LogP contribution in [0.15, 0.2) is 36.5 Å². The van der Waals surface area contributed by atoms with Crippen molar-refractivity contribution in [3.05, 3.63) is 47.8 Å². The highest BCUT2D eigenvalue weighted by molar-refractivity contribution is 5.60. The maximum Gasteiger partial charge on any atom is 0.159 e. The molecular formula is C18H25N3O. The maximum atomic E-state index is 8.82. The van der Waals surface area contributed by atoms with Crippen LogP contribution in [0.2, 0.25) is 0 Å². The number of aliphatic hydroxyl groups excluding tert-OH is 1. The number of benzene rings is 1. The second-order valence-electron chi connectivity index (χ2n) is 5.52. The molecule has 0 aliphatic heterocycles. The summed E-state index contributed by atoms with van der Waals surface area (Å²) in [6.45, 7) is 5.34. The van der Waals surface area contributed by atoms with Gasteiger partial charge in [-0.05, 0) is 37.9 Å². The number of rotatable bonds is 8. The third kappa shape index (κ3) is 4.61. The van der Waals surface area contributed by atoms with Gasteiger partial charge < -0.3 is 10.4 Å². The summed E-state index contributed by atoms with van der Waals surface area (Å²) in [6, 6.07) is 10.6. The third-order valence-corrected chi connectivity index (χ3v) is 3.70. The number of nitrogens with zero attached hydrogens (tertiary/aromatic N) is 2. The number of aryl methyl sites for hydroxylation is 1. The molecule has 2 rings (SSSR count). The first-order chi connectivity index (χ1) is 10.7. The van der Waals surface area contributed by atoms with E-state index in [2.05, 4.69) is 42.3 Å². The molecular weight excluding hydrogens is 274 g/mol. The molecule has 0 amide bonds. The molecule has 0 bridgehead atoms. The van der Waals surface area contributed by atoms with E-state index in [4.69, 9.17) is 10.1 Å². The van der Waals surface area contributed by atoms with Gasteiger partial charge in [0.15, 0.2) is 5.82 Å². The zero-order valence-electron chi connectivity index (χ0n) is 13.4. The quantitative estimate of drug-likeness (QED) is 0.736. The van der Waals surface area contributed by atoms with Crippen LogP contribution in [-0.2, 0) is 12.8 Å². The van der Waals surface area contributed by atoms with Gasteiger partial charge in [-0.1, -0.05) is 31.2 Å². The highest BCUT2D eigenvalue weighted by Crippen LogP contribution is 2.20. The molecule has 0 radical (unpaired) electrons. The summed E-state index contributed by atoms with van der Waals surface area (Å²) in [7, 11) is 0. The van der Waals surface area contributed by atoms with Gasteiger partial charge in [0.05, 0.1) is 0 Å². The van der Waals surface area contributed by atoms with E-state index in [0.717, 1.165) is 42.9 Å². The molecule has 2 N–H and O–H groups in total. The van der Waals surface area contributed by atoms with Crippen molar-refractivity contribution in [1.29, 1.82) is 0 Å². The van der Waals surface area contributed by atoms with E-state index in [1.54, 1.807) is 0 Å². The van der Waals surface area contributed by atoms with Crippen molar-refractivity contribution >= 4 is 0 Å². The Balaban J connectivity index is 2.10. The summed E-state index contributed by atoms with van der Waals surface area (Å²) in [5, 5.41) is 12.2. The topological polar surface area (TPSA) is 58.0 Å². The minimum atomic E-state index is 0.227. The normalized spacial score (nSPS) is 12.3. The molecule has 0 aliphatic rings. The zero-order valence-corrected chi connectivity index (χ0v) is 13.4. The number of aliphatic hydroxyl groups is 1. The van der Waals surface area contributed by atoms with E-state index in [-0.39, 0.29) is 6.61 Å². The van der Waals surface area contributed by atoms with Gasteiger partial charge in [-0.2, -0.15) is 0 Å². The number of hydrogen-bond donors (Lipinski definition) is 2. The Hall–Kier alpha value is -1.78. The first kappa shape index (κ1) is 16.6. The monoisotopic (exact) mass is 299 g/mol. The van der Waals surface area contributed by atoms with Crippen LogP contribution in [0.4, 0.5) is 0 Å². The van der Waals surface area contributed by atoms with Crippen LogP contribution in [0.1, 0.15) is 31.5 Å². The van der Waals surface area contributed by atoms with Gasteiger partial charge in [-0.3, -0.25) is 0 Å². The highest BCUT2D eigenvalue weighted by atomic mass is 16.3. The Morgan fingerprint density at radius 2 is 2.05 bits per heavy atom. The van der Waals surface area contributed by atoms with Gasteiger partial charge in [0.1, 0.15) is 0 Å². The van der Waals surface area contributed by atoms with Crippen molar-refractivity contribution in [2.75, 3.05) is 13.2 Å². The molecule has 1 unspecified atom stereocenters. The number of hydrogen-bond acceptors (Lipinski definition) is 4. The summed E-state index contributed by atoms with van der Waals surface area (Å²) in [4.78, 5) is 9.16. The lowest BCUT2D eigenvalue weighted by atomic mass is 10.0. The molecule has 2 aromatic rings. The molecule has 0 saturated carbocycles. The van der Waals surface area contributed by atoms with Crippen LogP contribution >= 0.6 is 0 Å². The van der Waals surface area contributed by atoms with Crippen molar-refractivity contribution in [1.82, 2.24) is 15.3 Å². The summed E-state index contributed by atoms with van der Waals surface area (Å²) in [5.74, 6) is 0.803. The minimum absolute atomic E-state index is 0.227. The van der Waals surface area contributed by atoms with E-state index in [1.807, 2.05) is 18.3 Å². The molecule has 22 heavy (non-hydrogen) atoms. The molecule has 118 valence electrons. The van der Waals surface area contributed by atoms with E-state index >= 15 is 0 Å². The molecule has 0 spiro atoms. The largest absolute Gasteiger partial charge is 0.396 e. The first-order valence-corrected chi connectivity index (χ1v) is 7.99. The SMILES string of the molecule is CCc1ccccc1-c1nccc(CC(C)NCCCO)n1. The smallest absolute Gasteiger partial charge is 0.159 e. The molecule has 1 aromatic heterocycles. The van der Waals surface area contributed by atoms with Crippen LogP contribution in [0.3, 0.4) is 0 Å². The molecule has 1 atom stereocenters. The van der Waals surface area contributed by atoms with Crippen LogP contribution in [0.25, 0.3) is 11.4 Å². The fraction of sp³-hybridized carbons (Fsp3) is 0.444. The third-order valence-electron chi connectivity index (χ3n) is 3.70. The van der Waals surface area contributed by atoms with E-state index in [9.17, 15) is 0 Å². The Morgan fingerprint density at radius 1 is 1.23 bits per heavy atom. The fourth-order valence-corrected chi connectivity index (χ4v) is 2.50.